The second-order valence-corrected chi connectivity index (χ2v) is 3.74. The number of nitriles is 1. The summed E-state index contributed by atoms with van der Waals surface area (Å²) in [7, 11) is 0. The SMILES string of the molecule is N#Cc1ccc(-n2nccc2NC(=O)CCl)cc1. The first-order valence-corrected chi connectivity index (χ1v) is 5.68. The molecule has 6 heteroatoms. The van der Waals surface area contributed by atoms with Crippen LogP contribution in [-0.4, -0.2) is 21.6 Å². The van der Waals surface area contributed by atoms with Gasteiger partial charge >= 0.3 is 0 Å². The first-order chi connectivity index (χ1) is 8.74. The number of hydrogen-bond donors (Lipinski definition) is 1. The molecule has 1 N–H and O–H groups in total. The molecule has 90 valence electrons. The van der Waals surface area contributed by atoms with E-state index < -0.39 is 0 Å². The van der Waals surface area contributed by atoms with Crippen LogP contribution in [0.5, 0.6) is 0 Å². The summed E-state index contributed by atoms with van der Waals surface area (Å²) >= 11 is 5.43. The van der Waals surface area contributed by atoms with Crippen molar-refractivity contribution in [1.82, 2.24) is 9.78 Å². The Morgan fingerprint density at radius 1 is 1.39 bits per heavy atom. The highest BCUT2D eigenvalue weighted by Crippen LogP contribution is 2.15. The maximum absolute atomic E-state index is 11.2. The third-order valence-corrected chi connectivity index (χ3v) is 2.52. The molecule has 1 heterocycles. The molecule has 0 spiro atoms. The van der Waals surface area contributed by atoms with Gasteiger partial charge in [-0.25, -0.2) is 4.68 Å². The van der Waals surface area contributed by atoms with Crippen molar-refractivity contribution in [3.63, 3.8) is 0 Å². The zero-order valence-electron chi connectivity index (χ0n) is 9.30. The average molecular weight is 261 g/mol. The van der Waals surface area contributed by atoms with E-state index in [9.17, 15) is 4.79 Å². The summed E-state index contributed by atoms with van der Waals surface area (Å²) in [6.07, 6.45) is 1.57. The van der Waals surface area contributed by atoms with Crippen molar-refractivity contribution >= 4 is 23.3 Å². The van der Waals surface area contributed by atoms with Crippen LogP contribution in [0, 0.1) is 11.3 Å². The van der Waals surface area contributed by atoms with E-state index in [0.717, 1.165) is 5.69 Å². The number of benzene rings is 1. The number of carbonyl (C=O) groups excluding carboxylic acids is 1. The largest absolute Gasteiger partial charge is 0.310 e. The number of carbonyl (C=O) groups is 1. The predicted octanol–water partition coefficient (Wildman–Crippen LogP) is 1.92. The van der Waals surface area contributed by atoms with E-state index in [2.05, 4.69) is 10.4 Å². The molecule has 0 fully saturated rings. The normalized spacial score (nSPS) is 9.78. The minimum atomic E-state index is -0.299. The summed E-state index contributed by atoms with van der Waals surface area (Å²) in [5.41, 5.74) is 1.32. The first-order valence-electron chi connectivity index (χ1n) is 5.15. The smallest absolute Gasteiger partial charge is 0.240 e. The van der Waals surface area contributed by atoms with Crippen molar-refractivity contribution in [3.05, 3.63) is 42.1 Å². The molecule has 5 nitrogen and oxygen atoms in total. The van der Waals surface area contributed by atoms with Crippen LogP contribution in [0.4, 0.5) is 5.82 Å². The Balaban J connectivity index is 2.30. The summed E-state index contributed by atoms with van der Waals surface area (Å²) in [4.78, 5) is 11.2. The Bertz CT molecular complexity index is 597. The molecule has 0 aliphatic carbocycles. The second-order valence-electron chi connectivity index (χ2n) is 3.47. The van der Waals surface area contributed by atoms with Gasteiger partial charge in [-0.15, -0.1) is 11.6 Å². The molecule has 0 saturated carbocycles. The molecule has 2 rings (SSSR count). The Morgan fingerprint density at radius 2 is 2.11 bits per heavy atom. The maximum Gasteiger partial charge on any atom is 0.240 e. The van der Waals surface area contributed by atoms with Gasteiger partial charge in [0.05, 0.1) is 23.5 Å². The zero-order valence-corrected chi connectivity index (χ0v) is 10.1. The molecule has 1 aromatic carbocycles. The molecule has 0 atom stereocenters. The van der Waals surface area contributed by atoms with E-state index in [1.54, 1.807) is 41.2 Å². The van der Waals surface area contributed by atoms with Gasteiger partial charge in [0.25, 0.3) is 0 Å². The fraction of sp³-hybridized carbons (Fsp3) is 0.0833. The lowest BCUT2D eigenvalue weighted by molar-refractivity contribution is -0.114. The third-order valence-electron chi connectivity index (χ3n) is 2.27. The minimum absolute atomic E-state index is 0.113. The van der Waals surface area contributed by atoms with Crippen LogP contribution in [0.2, 0.25) is 0 Å². The van der Waals surface area contributed by atoms with E-state index in [-0.39, 0.29) is 11.8 Å². The number of hydrogen-bond acceptors (Lipinski definition) is 3. The molecule has 0 bridgehead atoms. The molecule has 1 amide bonds. The van der Waals surface area contributed by atoms with Gasteiger partial charge in [0.1, 0.15) is 11.7 Å². The number of nitrogens with one attached hydrogen (secondary N) is 1. The van der Waals surface area contributed by atoms with Gasteiger partial charge in [-0.1, -0.05) is 0 Å². The summed E-state index contributed by atoms with van der Waals surface area (Å²) in [5, 5.41) is 15.5. The van der Waals surface area contributed by atoms with Crippen molar-refractivity contribution in [1.29, 1.82) is 5.26 Å². The maximum atomic E-state index is 11.2. The van der Waals surface area contributed by atoms with E-state index in [1.165, 1.54) is 0 Å². The van der Waals surface area contributed by atoms with E-state index >= 15 is 0 Å². The van der Waals surface area contributed by atoms with E-state index in [4.69, 9.17) is 16.9 Å². The van der Waals surface area contributed by atoms with Crippen molar-refractivity contribution < 1.29 is 4.79 Å². The van der Waals surface area contributed by atoms with Crippen LogP contribution in [0.1, 0.15) is 5.56 Å². The van der Waals surface area contributed by atoms with Crippen LogP contribution in [-0.2, 0) is 4.79 Å². The lowest BCUT2D eigenvalue weighted by Crippen LogP contribution is -2.15. The Morgan fingerprint density at radius 3 is 2.72 bits per heavy atom. The molecule has 0 aliphatic heterocycles. The summed E-state index contributed by atoms with van der Waals surface area (Å²) < 4.78 is 1.56. The summed E-state index contributed by atoms with van der Waals surface area (Å²) in [6.45, 7) is 0. The second kappa shape index (κ2) is 5.34. The Hall–Kier alpha value is -2.32. The van der Waals surface area contributed by atoms with Gasteiger partial charge in [0, 0.05) is 6.07 Å². The van der Waals surface area contributed by atoms with Gasteiger partial charge < -0.3 is 5.32 Å². The summed E-state index contributed by atoms with van der Waals surface area (Å²) in [5.74, 6) is 0.121. The number of anilines is 1. The highest BCUT2D eigenvalue weighted by atomic mass is 35.5. The third kappa shape index (κ3) is 2.50. The van der Waals surface area contributed by atoms with Gasteiger partial charge in [-0.2, -0.15) is 10.4 Å². The van der Waals surface area contributed by atoms with E-state index in [1.807, 2.05) is 6.07 Å². The number of alkyl halides is 1. The topological polar surface area (TPSA) is 70.7 Å². The van der Waals surface area contributed by atoms with Crippen molar-refractivity contribution in [2.75, 3.05) is 11.2 Å². The van der Waals surface area contributed by atoms with Gasteiger partial charge in [0.2, 0.25) is 5.91 Å². The van der Waals surface area contributed by atoms with Crippen molar-refractivity contribution in [2.24, 2.45) is 0 Å². The molecular formula is C12H9ClN4O. The molecule has 0 unspecified atom stereocenters. The quantitative estimate of drug-likeness (QED) is 0.857. The molecule has 1 aromatic heterocycles. The number of aromatic nitrogens is 2. The number of nitrogens with zero attached hydrogens (tertiary/aromatic N) is 3. The molecule has 18 heavy (non-hydrogen) atoms. The summed E-state index contributed by atoms with van der Waals surface area (Å²) in [6, 6.07) is 10.6. The van der Waals surface area contributed by atoms with Crippen LogP contribution in [0.25, 0.3) is 5.69 Å². The monoisotopic (exact) mass is 260 g/mol. The lowest BCUT2D eigenvalue weighted by atomic mass is 10.2. The molecule has 0 radical (unpaired) electrons. The van der Waals surface area contributed by atoms with Gasteiger partial charge in [-0.3, -0.25) is 4.79 Å². The van der Waals surface area contributed by atoms with Gasteiger partial charge in [0.15, 0.2) is 0 Å². The minimum Gasteiger partial charge on any atom is -0.310 e. The highest BCUT2D eigenvalue weighted by Gasteiger charge is 2.07. The fourth-order valence-electron chi connectivity index (χ4n) is 1.46. The Kier molecular flexibility index (Phi) is 3.60. The lowest BCUT2D eigenvalue weighted by Gasteiger charge is -2.07. The predicted molar refractivity (Wildman–Crippen MR) is 67.6 cm³/mol. The molecule has 0 aliphatic rings. The van der Waals surface area contributed by atoms with Gasteiger partial charge in [-0.05, 0) is 24.3 Å². The van der Waals surface area contributed by atoms with Crippen molar-refractivity contribution in [3.8, 4) is 11.8 Å². The fourth-order valence-corrected chi connectivity index (χ4v) is 1.52. The number of halogens is 1. The molecule has 0 saturated heterocycles. The Labute approximate surface area is 109 Å². The van der Waals surface area contributed by atoms with Crippen LogP contribution >= 0.6 is 11.6 Å². The van der Waals surface area contributed by atoms with Crippen molar-refractivity contribution in [2.45, 2.75) is 0 Å². The molecular weight excluding hydrogens is 252 g/mol. The molecule has 2 aromatic rings. The zero-order chi connectivity index (χ0) is 13.0. The first kappa shape index (κ1) is 12.1. The average Bonchev–Trinajstić information content (AvgIpc) is 2.86. The van der Waals surface area contributed by atoms with E-state index in [0.29, 0.717) is 11.4 Å². The number of rotatable bonds is 3. The standard InChI is InChI=1S/C12H9ClN4O/c13-7-12(18)16-11-5-6-15-17(11)10-3-1-9(8-14)2-4-10/h1-6H,7H2,(H,16,18). The number of amides is 1. The van der Waals surface area contributed by atoms with Crippen LogP contribution in [0.15, 0.2) is 36.5 Å². The van der Waals surface area contributed by atoms with Crippen LogP contribution < -0.4 is 5.32 Å². The van der Waals surface area contributed by atoms with Crippen LogP contribution in [0.3, 0.4) is 0 Å². The highest BCUT2D eigenvalue weighted by molar-refractivity contribution is 6.29.